The molecule has 1 unspecified atom stereocenters. The van der Waals surface area contributed by atoms with Gasteiger partial charge >= 0.3 is 373 Å². The van der Waals surface area contributed by atoms with Crippen LogP contribution in [0.2, 0.25) is 0 Å². The Bertz CT molecular complexity index is 2890. The third-order valence-electron chi connectivity index (χ3n) is 11.6. The van der Waals surface area contributed by atoms with Crippen LogP contribution in [0.15, 0.2) is 145 Å². The molecule has 6 aromatic rings. The van der Waals surface area contributed by atoms with Gasteiger partial charge in [0, 0.05) is 0 Å². The summed E-state index contributed by atoms with van der Waals surface area (Å²) in [4.78, 5) is 58.3. The molecule has 0 radical (unpaired) electrons. The molecule has 0 aliphatic heterocycles. The van der Waals surface area contributed by atoms with E-state index >= 15 is 4.39 Å². The minimum Gasteiger partial charge on any atom is -0.518 e. The normalized spacial score (nSPS) is 12.0. The van der Waals surface area contributed by atoms with Gasteiger partial charge in [-0.15, -0.1) is 12.1 Å². The molecule has 19 heteroatoms. The van der Waals surface area contributed by atoms with Crippen LogP contribution >= 0.6 is 0 Å². The Morgan fingerprint density at radius 1 is 0.901 bits per heavy atom. The monoisotopic (exact) mass is 1890 g/mol. The van der Waals surface area contributed by atoms with Crippen LogP contribution in [0, 0.1) is 139 Å². The number of ether oxygens (including phenoxy) is 2. The van der Waals surface area contributed by atoms with E-state index in [1.54, 1.807) is 65.9 Å². The molecule has 0 heterocycles. The molecule has 0 bridgehead atoms. The van der Waals surface area contributed by atoms with Gasteiger partial charge in [0.1, 0.15) is 0 Å². The van der Waals surface area contributed by atoms with Crippen molar-refractivity contribution in [3.63, 3.8) is 0 Å². The largest absolute Gasteiger partial charge is 2.00 e. The molecule has 7 rings (SSSR count). The molecule has 1 fully saturated rings. The molecule has 0 aromatic heterocycles. The molecule has 0 spiro atoms. The number of aryl methyl sites for hydroxylation is 1. The zero-order valence-corrected chi connectivity index (χ0v) is 59.7. The number of carbonyl (C=O) groups excluding carboxylic acids is 5. The first-order valence-corrected chi connectivity index (χ1v) is 27.4. The molecule has 0 saturated heterocycles. The summed E-state index contributed by atoms with van der Waals surface area (Å²) in [5, 5.41) is 17.1. The van der Waals surface area contributed by atoms with Crippen LogP contribution in [-0.2, 0) is 30.3 Å². The van der Waals surface area contributed by atoms with Crippen LogP contribution in [0.1, 0.15) is 97.8 Å². The summed E-state index contributed by atoms with van der Waals surface area (Å²) < 4.78 is 61.1. The summed E-state index contributed by atoms with van der Waals surface area (Å²) in [5.74, 6) is -2.57. The number of alkyl halides is 3. The van der Waals surface area contributed by atoms with Gasteiger partial charge in [-0.2, -0.15) is 55.0 Å². The molecule has 1 aliphatic carbocycles. The summed E-state index contributed by atoms with van der Waals surface area (Å²) in [6.45, 7) is 11.1. The first-order chi connectivity index (χ1) is 37.6. The second-order valence-electron chi connectivity index (χ2n) is 17.4. The summed E-state index contributed by atoms with van der Waals surface area (Å²) in [6, 6.07) is 41.0. The standard InChI is InChI=1S/C36H32FIN3O4.C11H12O2.C11H13O.C4H5F3N.3U/c1-2-33(42)45-22-21-41(29-18-17-25-11-9-10-16-28(25)23-29)39-24-30-31(38-35(43)26-12-5-3-6-13-26)19-20-32(34(30)37)40-36(44)27-14-7-4-8-15-27;1-2-3-8-13-11-6-4-10(9-12)5-7-11;1-2-3-4-10-5-7-11(9-12)8-6-10;1-3(2-8)4(5,6)7;;;/h2,4-6,9-13,16-20,23-24,27H,1,7-8,14-15,21-22H2,(H,40,44);4-7H,1-3,8H2;5-8H,2-4H2,1H3;3,8H,1H3;;;/q-3;-2;2*-1;3*+2/b39-24+;;;;;;. The Labute approximate surface area is 554 Å². The molecule has 420 valence electrons. The van der Waals surface area contributed by atoms with Crippen molar-refractivity contribution in [1.29, 1.82) is 5.41 Å². The Balaban J connectivity index is 0.000000738. The predicted molar refractivity (Wildman–Crippen MR) is 294 cm³/mol. The van der Waals surface area contributed by atoms with E-state index in [9.17, 15) is 37.1 Å². The van der Waals surface area contributed by atoms with Crippen molar-refractivity contribution in [2.24, 2.45) is 16.9 Å². The fourth-order valence-corrected chi connectivity index (χ4v) is 9.30. The van der Waals surface area contributed by atoms with Crippen molar-refractivity contribution in [2.45, 2.75) is 77.8 Å². The third kappa shape index (κ3) is 27.4. The summed E-state index contributed by atoms with van der Waals surface area (Å²) in [5.41, 5.74) is 3.88. The molecular weight excluding hydrogens is 1830 g/mol. The predicted octanol–water partition coefficient (Wildman–Crippen LogP) is 10.1. The van der Waals surface area contributed by atoms with E-state index < -0.39 is 45.1 Å². The maximum atomic E-state index is 16.3. The number of nitrogens with zero attached hydrogens (tertiary/aromatic N) is 2. The number of nitrogens with one attached hydrogen (secondary N) is 2. The van der Waals surface area contributed by atoms with Gasteiger partial charge in [0.2, 0.25) is 0 Å². The molecule has 2 N–H and O–H groups in total. The molecular formula is C62H62F4IN4O7U3-. The van der Waals surface area contributed by atoms with Gasteiger partial charge in [0.15, 0.2) is 0 Å². The van der Waals surface area contributed by atoms with E-state index in [-0.39, 0.29) is 133 Å². The minimum atomic E-state index is -4.29. The fourth-order valence-electron chi connectivity index (χ4n) is 7.08. The van der Waals surface area contributed by atoms with Crippen LogP contribution < -0.4 is 36.3 Å². The topological polar surface area (TPSA) is 155 Å². The molecule has 81 heavy (non-hydrogen) atoms. The van der Waals surface area contributed by atoms with Gasteiger partial charge in [0.05, 0.1) is 24.9 Å². The summed E-state index contributed by atoms with van der Waals surface area (Å²) in [6.07, 6.45) is 13.9. The van der Waals surface area contributed by atoms with E-state index in [2.05, 4.69) is 43.3 Å². The SMILES string of the molecule is C=CC(=O)OCCN(/N=C/c1c([I-]C(=O)c2cc[c-]cc2)ccc(NC(=O)C2CC[CH-]CC2)c1F)c1ccc2ccccc2c1.CC([C-]=N)C(F)(F)F.CCCCc1ccc([C-]=O)cc1.[CH2-]CCCOc1ccc([C-]=O)cc1.[U+2].[U+2].[U+2]. The second kappa shape index (κ2) is 41.8. The number of fused-ring (bicyclic) bond motifs is 1. The molecule has 11 nitrogen and oxygen atoms in total. The van der Waals surface area contributed by atoms with Crippen molar-refractivity contribution in [3.8, 4) is 5.75 Å². The number of unbranched alkanes of at least 4 members (excludes halogenated alkanes) is 2. The number of amides is 1. The maximum absolute atomic E-state index is 16.3. The van der Waals surface area contributed by atoms with E-state index in [1.165, 1.54) is 36.9 Å². The number of hydrogen-bond acceptors (Lipinski definition) is 10. The smallest absolute Gasteiger partial charge is 0.518 e. The van der Waals surface area contributed by atoms with Gasteiger partial charge < -0.3 is 32.9 Å². The number of carbonyl (C=O) groups is 3. The number of rotatable bonds is 22. The quantitative estimate of drug-likeness (QED) is 0.00784. The molecule has 1 saturated carbocycles. The Hall–Kier alpha value is -4.18. The number of esters is 1. The van der Waals surface area contributed by atoms with Crippen LogP contribution in [0.5, 0.6) is 5.75 Å². The van der Waals surface area contributed by atoms with Crippen molar-refractivity contribution in [3.05, 3.63) is 197 Å². The van der Waals surface area contributed by atoms with Crippen molar-refractivity contribution < 1.29 is 166 Å². The zero-order chi connectivity index (χ0) is 56.7. The van der Waals surface area contributed by atoms with Gasteiger partial charge in [0.25, 0.3) is 0 Å². The summed E-state index contributed by atoms with van der Waals surface area (Å²) >= 11 is -1.33. The number of halogens is 5. The Morgan fingerprint density at radius 2 is 1.53 bits per heavy atom. The summed E-state index contributed by atoms with van der Waals surface area (Å²) in [7, 11) is 0. The van der Waals surface area contributed by atoms with E-state index in [0.29, 0.717) is 32.6 Å². The zero-order valence-electron chi connectivity index (χ0n) is 45.1. The van der Waals surface area contributed by atoms with E-state index in [4.69, 9.17) is 14.9 Å². The first kappa shape index (κ1) is 74.8. The first-order valence-electron chi connectivity index (χ1n) is 25.2. The Kier molecular flexibility index (Phi) is 38.6. The minimum absolute atomic E-state index is 0. The molecule has 6 aromatic carbocycles. The van der Waals surface area contributed by atoms with E-state index in [0.717, 1.165) is 74.5 Å². The van der Waals surface area contributed by atoms with Crippen molar-refractivity contribution in [2.75, 3.05) is 30.1 Å². The van der Waals surface area contributed by atoms with Crippen LogP contribution in [-0.4, -0.2) is 66.6 Å². The third-order valence-corrected chi connectivity index (χ3v) is 14.3. The fraction of sp³-hybridized carbons (Fsp3) is 0.274. The number of benzene rings is 6. The van der Waals surface area contributed by atoms with Crippen molar-refractivity contribution in [1.82, 2.24) is 0 Å². The number of hydrogen-bond donors (Lipinski definition) is 2. The van der Waals surface area contributed by atoms with Gasteiger partial charge in [-0.05, 0) is 19.3 Å². The second-order valence-corrected chi connectivity index (χ2v) is 20.1. The number of anilines is 2. The van der Waals surface area contributed by atoms with Crippen LogP contribution in [0.25, 0.3) is 10.8 Å². The Morgan fingerprint density at radius 3 is 2.10 bits per heavy atom. The molecule has 1 atom stereocenters. The van der Waals surface area contributed by atoms with E-state index in [1.807, 2.05) is 73.0 Å². The average Bonchev–Trinajstić information content (AvgIpc) is 3.47. The molecule has 1 amide bonds. The average molecular weight is 1890 g/mol. The maximum Gasteiger partial charge on any atom is 2.00 e. The number of hydrazone groups is 1. The van der Waals surface area contributed by atoms with Gasteiger partial charge in [-0.1, -0.05) is 43.9 Å². The van der Waals surface area contributed by atoms with Crippen LogP contribution in [0.4, 0.5) is 28.9 Å². The van der Waals surface area contributed by atoms with Gasteiger partial charge in [-0.25, -0.2) is 0 Å². The van der Waals surface area contributed by atoms with Crippen LogP contribution in [0.3, 0.4) is 0 Å². The van der Waals surface area contributed by atoms with Gasteiger partial charge in [-0.3, -0.25) is 0 Å². The molecule has 1 aliphatic rings. The van der Waals surface area contributed by atoms with Crippen molar-refractivity contribution >= 4 is 62.8 Å².